The Bertz CT molecular complexity index is 908. The van der Waals surface area contributed by atoms with Crippen LogP contribution in [0, 0.1) is 18.6 Å². The van der Waals surface area contributed by atoms with Gasteiger partial charge in [-0.1, -0.05) is 6.07 Å². The van der Waals surface area contributed by atoms with Crippen molar-refractivity contribution < 1.29 is 13.2 Å². The van der Waals surface area contributed by atoms with Gasteiger partial charge in [-0.3, -0.25) is 0 Å². The van der Waals surface area contributed by atoms with Gasteiger partial charge in [0.2, 0.25) is 0 Å². The fourth-order valence-corrected chi connectivity index (χ4v) is 3.18. The molecule has 0 radical (unpaired) electrons. The first-order valence-corrected chi connectivity index (χ1v) is 8.50. The largest absolute Gasteiger partial charge is 0.443 e. The van der Waals surface area contributed by atoms with E-state index < -0.39 is 11.6 Å². The molecule has 1 saturated carbocycles. The number of anilines is 3. The maximum atomic E-state index is 14.8. The summed E-state index contributed by atoms with van der Waals surface area (Å²) in [4.78, 5) is 3.90. The molecule has 1 aliphatic carbocycles. The molecule has 24 heavy (non-hydrogen) atoms. The lowest BCUT2D eigenvalue weighted by molar-refractivity contribution is 0.601. The maximum Gasteiger partial charge on any atom is 0.182 e. The van der Waals surface area contributed by atoms with Crippen LogP contribution in [-0.4, -0.2) is 10.2 Å². The lowest BCUT2D eigenvalue weighted by atomic mass is 10.2. The first-order chi connectivity index (χ1) is 11.6. The van der Waals surface area contributed by atoms with Crippen molar-refractivity contribution in [1.29, 1.82) is 0 Å². The Labute approximate surface area is 141 Å². The van der Waals surface area contributed by atoms with E-state index in [1.54, 1.807) is 25.1 Å². The van der Waals surface area contributed by atoms with Crippen LogP contribution < -0.4 is 10.0 Å². The molecule has 0 spiro atoms. The highest BCUT2D eigenvalue weighted by Gasteiger charge is 2.24. The van der Waals surface area contributed by atoms with E-state index in [1.807, 2.05) is 0 Å². The number of hydrogen-bond acceptors (Lipinski definition) is 5. The Morgan fingerprint density at radius 2 is 2.04 bits per heavy atom. The third-order valence-corrected chi connectivity index (χ3v) is 4.95. The van der Waals surface area contributed by atoms with Gasteiger partial charge < -0.3 is 14.5 Å². The van der Waals surface area contributed by atoms with E-state index in [4.69, 9.17) is 4.42 Å². The molecule has 7 heteroatoms. The second kappa shape index (κ2) is 5.98. The van der Waals surface area contributed by atoms with Gasteiger partial charge in [-0.05, 0) is 49.4 Å². The molecule has 0 atom stereocenters. The number of rotatable bonds is 5. The first kappa shape index (κ1) is 15.3. The van der Waals surface area contributed by atoms with Crippen LogP contribution >= 0.6 is 11.9 Å². The molecule has 124 valence electrons. The fraction of sp³-hybridized carbons (Fsp3) is 0.235. The van der Waals surface area contributed by atoms with Crippen molar-refractivity contribution in [3.63, 3.8) is 0 Å². The topological polar surface area (TPSA) is 50.1 Å². The van der Waals surface area contributed by atoms with E-state index in [9.17, 15) is 8.78 Å². The normalized spacial score (nSPS) is 14.1. The SMILES string of the molecule is Cc1ccc(Nc2c(NSC3CC3)cc3ocnc3c2F)c(F)c1. The monoisotopic (exact) mass is 347 g/mol. The van der Waals surface area contributed by atoms with Crippen LogP contribution in [0.25, 0.3) is 11.1 Å². The molecule has 1 fully saturated rings. The zero-order valence-electron chi connectivity index (χ0n) is 12.9. The Balaban J connectivity index is 1.75. The summed E-state index contributed by atoms with van der Waals surface area (Å²) in [5.74, 6) is -1.00. The highest BCUT2D eigenvalue weighted by atomic mass is 32.2. The fourth-order valence-electron chi connectivity index (χ4n) is 2.35. The van der Waals surface area contributed by atoms with Gasteiger partial charge >= 0.3 is 0 Å². The van der Waals surface area contributed by atoms with Gasteiger partial charge in [0.05, 0.1) is 11.4 Å². The van der Waals surface area contributed by atoms with Gasteiger partial charge in [0, 0.05) is 11.3 Å². The number of halogens is 2. The van der Waals surface area contributed by atoms with Gasteiger partial charge in [-0.2, -0.15) is 0 Å². The zero-order valence-corrected chi connectivity index (χ0v) is 13.7. The minimum absolute atomic E-state index is 0.118. The molecule has 1 aliphatic rings. The quantitative estimate of drug-likeness (QED) is 0.607. The predicted molar refractivity (Wildman–Crippen MR) is 92.6 cm³/mol. The molecule has 0 saturated heterocycles. The van der Waals surface area contributed by atoms with E-state index in [2.05, 4.69) is 15.0 Å². The molecule has 4 nitrogen and oxygen atoms in total. The molecule has 2 N–H and O–H groups in total. The number of nitrogens with zero attached hydrogens (tertiary/aromatic N) is 1. The van der Waals surface area contributed by atoms with Crippen LogP contribution in [0.15, 0.2) is 35.1 Å². The second-order valence-electron chi connectivity index (χ2n) is 5.84. The average molecular weight is 347 g/mol. The van der Waals surface area contributed by atoms with Gasteiger partial charge in [-0.25, -0.2) is 13.8 Å². The third-order valence-electron chi connectivity index (χ3n) is 3.81. The van der Waals surface area contributed by atoms with Crippen LogP contribution in [0.1, 0.15) is 18.4 Å². The van der Waals surface area contributed by atoms with E-state index in [-0.39, 0.29) is 16.9 Å². The van der Waals surface area contributed by atoms with Crippen molar-refractivity contribution in [3.05, 3.63) is 47.9 Å². The van der Waals surface area contributed by atoms with Crippen molar-refractivity contribution in [1.82, 2.24) is 4.98 Å². The summed E-state index contributed by atoms with van der Waals surface area (Å²) in [5, 5.41) is 3.38. The van der Waals surface area contributed by atoms with Crippen molar-refractivity contribution in [2.45, 2.75) is 25.0 Å². The minimum Gasteiger partial charge on any atom is -0.443 e. The summed E-state index contributed by atoms with van der Waals surface area (Å²) in [6.45, 7) is 1.80. The summed E-state index contributed by atoms with van der Waals surface area (Å²) < 4.78 is 37.3. The van der Waals surface area contributed by atoms with Crippen molar-refractivity contribution in [2.24, 2.45) is 0 Å². The van der Waals surface area contributed by atoms with Gasteiger partial charge in [-0.15, -0.1) is 0 Å². The molecular weight excluding hydrogens is 332 g/mol. The first-order valence-electron chi connectivity index (χ1n) is 7.62. The number of fused-ring (bicyclic) bond motifs is 1. The lowest BCUT2D eigenvalue weighted by Crippen LogP contribution is -2.02. The number of aromatic nitrogens is 1. The molecule has 4 rings (SSSR count). The summed E-state index contributed by atoms with van der Waals surface area (Å²) in [6, 6.07) is 6.44. The Hall–Kier alpha value is -2.28. The van der Waals surface area contributed by atoms with Crippen LogP contribution in [0.3, 0.4) is 0 Å². The zero-order chi connectivity index (χ0) is 16.7. The Kier molecular flexibility index (Phi) is 3.80. The number of oxazole rings is 1. The number of aryl methyl sites for hydroxylation is 1. The van der Waals surface area contributed by atoms with E-state index in [0.29, 0.717) is 16.5 Å². The molecule has 0 bridgehead atoms. The lowest BCUT2D eigenvalue weighted by Gasteiger charge is -2.15. The van der Waals surface area contributed by atoms with Crippen molar-refractivity contribution in [3.8, 4) is 0 Å². The van der Waals surface area contributed by atoms with Crippen LogP contribution in [-0.2, 0) is 0 Å². The second-order valence-corrected chi connectivity index (χ2v) is 6.95. The molecule has 0 aliphatic heterocycles. The number of nitrogens with one attached hydrogen (secondary N) is 2. The summed E-state index contributed by atoms with van der Waals surface area (Å²) >= 11 is 1.53. The minimum atomic E-state index is -0.569. The van der Waals surface area contributed by atoms with Gasteiger partial charge in [0.15, 0.2) is 17.8 Å². The molecule has 1 heterocycles. The van der Waals surface area contributed by atoms with Crippen LogP contribution in [0.2, 0.25) is 0 Å². The third kappa shape index (κ3) is 2.91. The number of hydrogen-bond donors (Lipinski definition) is 2. The highest BCUT2D eigenvalue weighted by molar-refractivity contribution is 8.01. The molecule has 3 aromatic rings. The molecule has 1 aromatic heterocycles. The average Bonchev–Trinajstić information content (AvgIpc) is 3.26. The molecule has 0 amide bonds. The highest BCUT2D eigenvalue weighted by Crippen LogP contribution is 2.40. The smallest absolute Gasteiger partial charge is 0.182 e. The van der Waals surface area contributed by atoms with Crippen molar-refractivity contribution in [2.75, 3.05) is 10.0 Å². The summed E-state index contributed by atoms with van der Waals surface area (Å²) in [5.41, 5.74) is 2.14. The predicted octanol–water partition coefficient (Wildman–Crippen LogP) is 5.38. The Morgan fingerprint density at radius 1 is 1.21 bits per heavy atom. The van der Waals surface area contributed by atoms with Gasteiger partial charge in [0.25, 0.3) is 0 Å². The molecular formula is C17H15F2N3OS. The van der Waals surface area contributed by atoms with E-state index in [1.165, 1.54) is 24.4 Å². The van der Waals surface area contributed by atoms with E-state index >= 15 is 0 Å². The van der Waals surface area contributed by atoms with Crippen LogP contribution in [0.5, 0.6) is 0 Å². The maximum absolute atomic E-state index is 14.8. The number of benzene rings is 2. The van der Waals surface area contributed by atoms with Crippen molar-refractivity contribution >= 4 is 40.1 Å². The Morgan fingerprint density at radius 3 is 2.79 bits per heavy atom. The standard InChI is InChI=1S/C17H15F2N3OS/c1-9-2-5-12(11(18)6-9)21-16-13(22-24-10-3-4-10)7-14-17(15(16)19)20-8-23-14/h2,5-8,10,21-22H,3-4H2,1H3. The molecule has 2 aromatic carbocycles. The van der Waals surface area contributed by atoms with E-state index in [0.717, 1.165) is 18.4 Å². The summed E-state index contributed by atoms with van der Waals surface area (Å²) in [7, 11) is 0. The van der Waals surface area contributed by atoms with Gasteiger partial charge in [0.1, 0.15) is 17.0 Å². The molecule has 0 unspecified atom stereocenters. The summed E-state index contributed by atoms with van der Waals surface area (Å²) in [6.07, 6.45) is 3.47. The van der Waals surface area contributed by atoms with Crippen LogP contribution in [0.4, 0.5) is 25.8 Å².